The standard InChI is InChI=1S/C28H31N3O5/c1-21(32)29-19-26(28(34)35-2)30-27(33)25-13-11-23(12-14-25)6-4-3-5-22-7-9-24(10-8-22)20-31-15-17-36-18-16-31/h3,5,7-14,26H,15-20H2,1-2H3,(H,29,32)(H,30,33)/b5-3+/t26-/m0/s1. The van der Waals surface area contributed by atoms with Crippen LogP contribution in [0.2, 0.25) is 0 Å². The molecule has 36 heavy (non-hydrogen) atoms. The third-order valence-electron chi connectivity index (χ3n) is 5.56. The smallest absolute Gasteiger partial charge is 0.330 e. The Bertz CT molecular complexity index is 1120. The van der Waals surface area contributed by atoms with Gasteiger partial charge in [-0.25, -0.2) is 4.79 Å². The van der Waals surface area contributed by atoms with E-state index in [1.807, 2.05) is 6.08 Å². The van der Waals surface area contributed by atoms with E-state index in [4.69, 9.17) is 4.74 Å². The van der Waals surface area contributed by atoms with Crippen LogP contribution >= 0.6 is 0 Å². The average molecular weight is 490 g/mol. The van der Waals surface area contributed by atoms with E-state index in [1.165, 1.54) is 19.6 Å². The summed E-state index contributed by atoms with van der Waals surface area (Å²) in [7, 11) is 1.22. The number of nitrogens with zero attached hydrogens (tertiary/aromatic N) is 1. The molecule has 0 unspecified atom stereocenters. The second-order valence-corrected chi connectivity index (χ2v) is 8.30. The molecular formula is C28H31N3O5. The lowest BCUT2D eigenvalue weighted by atomic mass is 10.1. The average Bonchev–Trinajstić information content (AvgIpc) is 2.90. The first-order valence-electron chi connectivity index (χ1n) is 11.7. The van der Waals surface area contributed by atoms with E-state index >= 15 is 0 Å². The fourth-order valence-corrected chi connectivity index (χ4v) is 3.54. The highest BCUT2D eigenvalue weighted by atomic mass is 16.5. The van der Waals surface area contributed by atoms with Gasteiger partial charge >= 0.3 is 5.97 Å². The highest BCUT2D eigenvalue weighted by Gasteiger charge is 2.22. The van der Waals surface area contributed by atoms with E-state index < -0.39 is 17.9 Å². The van der Waals surface area contributed by atoms with Crippen molar-refractivity contribution in [1.82, 2.24) is 15.5 Å². The molecule has 2 aromatic rings. The Morgan fingerprint density at radius 3 is 2.42 bits per heavy atom. The molecule has 0 spiro atoms. The summed E-state index contributed by atoms with van der Waals surface area (Å²) in [6.45, 7) is 5.73. The lowest BCUT2D eigenvalue weighted by molar-refractivity contribution is -0.142. The van der Waals surface area contributed by atoms with Gasteiger partial charge in [0.15, 0.2) is 0 Å². The summed E-state index contributed by atoms with van der Waals surface area (Å²) in [5.41, 5.74) is 3.46. The molecule has 2 aromatic carbocycles. The quantitative estimate of drug-likeness (QED) is 0.435. The third kappa shape index (κ3) is 8.69. The van der Waals surface area contributed by atoms with Gasteiger partial charge in [-0.3, -0.25) is 14.5 Å². The maximum Gasteiger partial charge on any atom is 0.330 e. The number of esters is 1. The lowest BCUT2D eigenvalue weighted by Crippen LogP contribution is -2.48. The van der Waals surface area contributed by atoms with Crippen LogP contribution in [0, 0.1) is 11.8 Å². The zero-order chi connectivity index (χ0) is 25.8. The number of methoxy groups -OCH3 is 1. The number of hydrogen-bond acceptors (Lipinski definition) is 6. The van der Waals surface area contributed by atoms with Crippen molar-refractivity contribution in [2.45, 2.75) is 19.5 Å². The Morgan fingerprint density at radius 1 is 1.08 bits per heavy atom. The van der Waals surface area contributed by atoms with Crippen LogP contribution in [-0.2, 0) is 25.6 Å². The lowest BCUT2D eigenvalue weighted by Gasteiger charge is -2.26. The zero-order valence-corrected chi connectivity index (χ0v) is 20.6. The minimum absolute atomic E-state index is 0.0553. The van der Waals surface area contributed by atoms with Gasteiger partial charge in [0, 0.05) is 44.2 Å². The summed E-state index contributed by atoms with van der Waals surface area (Å²) >= 11 is 0. The van der Waals surface area contributed by atoms with Gasteiger partial charge in [-0.15, -0.1) is 0 Å². The van der Waals surface area contributed by atoms with Crippen molar-refractivity contribution in [2.24, 2.45) is 0 Å². The maximum absolute atomic E-state index is 12.5. The number of carbonyl (C=O) groups is 3. The van der Waals surface area contributed by atoms with Crippen LogP contribution < -0.4 is 10.6 Å². The summed E-state index contributed by atoms with van der Waals surface area (Å²) in [4.78, 5) is 37.9. The molecule has 0 bridgehead atoms. The van der Waals surface area contributed by atoms with Crippen LogP contribution in [0.5, 0.6) is 0 Å². The van der Waals surface area contributed by atoms with Gasteiger partial charge < -0.3 is 20.1 Å². The molecule has 188 valence electrons. The Morgan fingerprint density at radius 2 is 1.78 bits per heavy atom. The number of benzene rings is 2. The van der Waals surface area contributed by atoms with Gasteiger partial charge in [-0.2, -0.15) is 0 Å². The number of ether oxygens (including phenoxy) is 2. The first kappa shape index (κ1) is 26.7. The van der Waals surface area contributed by atoms with Gasteiger partial charge in [-0.05, 0) is 47.5 Å². The third-order valence-corrected chi connectivity index (χ3v) is 5.56. The summed E-state index contributed by atoms with van der Waals surface area (Å²) in [6.07, 6.45) is 3.75. The monoisotopic (exact) mass is 489 g/mol. The molecule has 0 saturated carbocycles. The van der Waals surface area contributed by atoms with E-state index in [-0.39, 0.29) is 12.5 Å². The van der Waals surface area contributed by atoms with Gasteiger partial charge in [0.05, 0.1) is 20.3 Å². The van der Waals surface area contributed by atoms with E-state index in [0.29, 0.717) is 5.56 Å². The first-order valence-corrected chi connectivity index (χ1v) is 11.7. The van der Waals surface area contributed by atoms with Crippen molar-refractivity contribution >= 4 is 23.9 Å². The molecule has 1 saturated heterocycles. The minimum Gasteiger partial charge on any atom is -0.467 e. The number of amides is 2. The van der Waals surface area contributed by atoms with E-state index in [2.05, 4.69) is 56.4 Å². The zero-order valence-electron chi connectivity index (χ0n) is 20.6. The topological polar surface area (TPSA) is 97.0 Å². The molecule has 1 atom stereocenters. The van der Waals surface area contributed by atoms with Gasteiger partial charge in [-0.1, -0.05) is 36.1 Å². The molecular weight excluding hydrogens is 458 g/mol. The molecule has 1 aliphatic heterocycles. The predicted molar refractivity (Wildman–Crippen MR) is 137 cm³/mol. The van der Waals surface area contributed by atoms with Gasteiger partial charge in [0.2, 0.25) is 5.91 Å². The molecule has 8 nitrogen and oxygen atoms in total. The molecule has 1 heterocycles. The van der Waals surface area contributed by atoms with Gasteiger partial charge in [0.1, 0.15) is 6.04 Å². The van der Waals surface area contributed by atoms with E-state index in [1.54, 1.807) is 30.3 Å². The molecule has 3 rings (SSSR count). The van der Waals surface area contributed by atoms with Crippen LogP contribution in [0.3, 0.4) is 0 Å². The van der Waals surface area contributed by atoms with Crippen LogP contribution in [0.15, 0.2) is 54.6 Å². The van der Waals surface area contributed by atoms with Crippen molar-refractivity contribution in [2.75, 3.05) is 40.0 Å². The fourth-order valence-electron chi connectivity index (χ4n) is 3.54. The van der Waals surface area contributed by atoms with Crippen molar-refractivity contribution in [3.63, 3.8) is 0 Å². The van der Waals surface area contributed by atoms with Crippen LogP contribution in [-0.4, -0.2) is 68.7 Å². The van der Waals surface area contributed by atoms with Gasteiger partial charge in [0.25, 0.3) is 5.91 Å². The summed E-state index contributed by atoms with van der Waals surface area (Å²) in [5, 5.41) is 5.07. The molecule has 2 amide bonds. The molecule has 1 aliphatic rings. The predicted octanol–water partition coefficient (Wildman–Crippen LogP) is 1.99. The molecule has 8 heteroatoms. The first-order chi connectivity index (χ1) is 17.4. The highest BCUT2D eigenvalue weighted by Crippen LogP contribution is 2.10. The fraction of sp³-hybridized carbons (Fsp3) is 0.321. The Labute approximate surface area is 211 Å². The Kier molecular flexibility index (Phi) is 10.2. The molecule has 0 radical (unpaired) electrons. The maximum atomic E-state index is 12.5. The van der Waals surface area contributed by atoms with Crippen LogP contribution in [0.1, 0.15) is 34.0 Å². The molecule has 0 aliphatic carbocycles. The Balaban J connectivity index is 1.52. The second-order valence-electron chi connectivity index (χ2n) is 8.30. The number of morpholine rings is 1. The Hall–Kier alpha value is -3.93. The van der Waals surface area contributed by atoms with Crippen LogP contribution in [0.25, 0.3) is 6.08 Å². The molecule has 0 aromatic heterocycles. The minimum atomic E-state index is -0.982. The number of hydrogen-bond donors (Lipinski definition) is 2. The van der Waals surface area contributed by atoms with Crippen molar-refractivity contribution in [3.05, 3.63) is 76.9 Å². The van der Waals surface area contributed by atoms with E-state index in [0.717, 1.165) is 44.0 Å². The largest absolute Gasteiger partial charge is 0.467 e. The van der Waals surface area contributed by atoms with Crippen molar-refractivity contribution in [3.8, 4) is 11.8 Å². The summed E-state index contributed by atoms with van der Waals surface area (Å²) in [5.74, 6) is 4.64. The molecule has 1 fully saturated rings. The number of nitrogens with one attached hydrogen (secondary N) is 2. The summed E-state index contributed by atoms with van der Waals surface area (Å²) in [6, 6.07) is 14.2. The second kappa shape index (κ2) is 13.8. The SMILES string of the molecule is COC(=O)[C@H](CNC(C)=O)NC(=O)c1ccc(C#C/C=C/c2ccc(CN3CCOCC3)cc2)cc1. The van der Waals surface area contributed by atoms with Crippen LogP contribution in [0.4, 0.5) is 0 Å². The number of carbonyl (C=O) groups excluding carboxylic acids is 3. The van der Waals surface area contributed by atoms with Crippen molar-refractivity contribution < 1.29 is 23.9 Å². The normalized spacial score (nSPS) is 14.4. The number of rotatable bonds is 8. The number of allylic oxidation sites excluding steroid dienone is 1. The van der Waals surface area contributed by atoms with E-state index in [9.17, 15) is 14.4 Å². The molecule has 2 N–H and O–H groups in total. The highest BCUT2D eigenvalue weighted by molar-refractivity contribution is 5.97. The van der Waals surface area contributed by atoms with Crippen molar-refractivity contribution in [1.29, 1.82) is 0 Å². The summed E-state index contributed by atoms with van der Waals surface area (Å²) < 4.78 is 10.1.